The molecule has 1 saturated carbocycles. The molecule has 10 nitrogen and oxygen atoms in total. The summed E-state index contributed by atoms with van der Waals surface area (Å²) in [6, 6.07) is 10.2. The van der Waals surface area contributed by atoms with Crippen molar-refractivity contribution in [2.24, 2.45) is 0 Å². The van der Waals surface area contributed by atoms with E-state index in [0.717, 1.165) is 62.3 Å². The molecule has 1 atom stereocenters. The van der Waals surface area contributed by atoms with Gasteiger partial charge in [0.05, 0.1) is 23.8 Å². The van der Waals surface area contributed by atoms with Gasteiger partial charge >= 0.3 is 0 Å². The second kappa shape index (κ2) is 8.71. The van der Waals surface area contributed by atoms with Crippen molar-refractivity contribution < 1.29 is 13.2 Å². The van der Waals surface area contributed by atoms with Crippen LogP contribution in [0.2, 0.25) is 0 Å². The third-order valence-corrected chi connectivity index (χ3v) is 9.08. The molecular weight excluding hydrogens is 454 g/mol. The maximum atomic E-state index is 12.6. The van der Waals surface area contributed by atoms with E-state index in [0.29, 0.717) is 24.9 Å². The number of ether oxygens (including phenoxy) is 1. The van der Waals surface area contributed by atoms with Gasteiger partial charge in [-0.15, -0.1) is 0 Å². The molecule has 3 aliphatic rings. The first-order valence-electron chi connectivity index (χ1n) is 11.9. The fourth-order valence-electron chi connectivity index (χ4n) is 4.66. The number of rotatable bonds is 7. The van der Waals surface area contributed by atoms with E-state index in [1.807, 2.05) is 24.4 Å². The normalized spacial score (nSPS) is 21.8. The minimum absolute atomic E-state index is 0.0159. The molecule has 0 radical (unpaired) electrons. The Labute approximate surface area is 198 Å². The number of aromatic nitrogens is 3. The molecule has 1 aliphatic carbocycles. The number of anilines is 4. The second-order valence-corrected chi connectivity index (χ2v) is 11.4. The maximum absolute atomic E-state index is 12.6. The molecular formula is C23H29N7O3S. The number of hydrogen-bond donors (Lipinski definition) is 3. The van der Waals surface area contributed by atoms with Gasteiger partial charge in [-0.25, -0.2) is 8.42 Å². The maximum Gasteiger partial charge on any atom is 0.231 e. The lowest BCUT2D eigenvalue weighted by Gasteiger charge is -2.28. The third-order valence-electron chi connectivity index (χ3n) is 6.71. The van der Waals surface area contributed by atoms with Crippen molar-refractivity contribution in [1.82, 2.24) is 19.3 Å². The van der Waals surface area contributed by atoms with Gasteiger partial charge in [-0.1, -0.05) is 0 Å². The van der Waals surface area contributed by atoms with Crippen LogP contribution in [0.3, 0.4) is 0 Å². The van der Waals surface area contributed by atoms with Crippen LogP contribution in [0.15, 0.2) is 36.5 Å². The Balaban J connectivity index is 1.18. The monoisotopic (exact) mass is 483 g/mol. The zero-order valence-electron chi connectivity index (χ0n) is 18.9. The largest absolute Gasteiger partial charge is 0.378 e. The van der Waals surface area contributed by atoms with Gasteiger partial charge in [-0.3, -0.25) is 0 Å². The van der Waals surface area contributed by atoms with Crippen molar-refractivity contribution in [2.45, 2.75) is 30.6 Å². The minimum atomic E-state index is -3.15. The number of sulfonamides is 1. The number of hydrogen-bond acceptors (Lipinski definition) is 8. The minimum Gasteiger partial charge on any atom is -0.378 e. The molecule has 4 heterocycles. The lowest BCUT2D eigenvalue weighted by Crippen LogP contribution is -2.36. The Kier molecular flexibility index (Phi) is 5.54. The van der Waals surface area contributed by atoms with Crippen molar-refractivity contribution >= 4 is 44.2 Å². The van der Waals surface area contributed by atoms with Crippen molar-refractivity contribution in [2.75, 3.05) is 54.9 Å². The molecule has 0 unspecified atom stereocenters. The van der Waals surface area contributed by atoms with Crippen LogP contribution in [-0.4, -0.2) is 78.4 Å². The van der Waals surface area contributed by atoms with E-state index >= 15 is 0 Å². The number of H-pyrrole nitrogens is 1. The average Bonchev–Trinajstić information content (AvgIpc) is 3.43. The van der Waals surface area contributed by atoms with E-state index in [9.17, 15) is 8.42 Å². The lowest BCUT2D eigenvalue weighted by atomic mass is 10.2. The molecule has 3 N–H and O–H groups in total. The predicted molar refractivity (Wildman–Crippen MR) is 132 cm³/mol. The summed E-state index contributed by atoms with van der Waals surface area (Å²) in [7, 11) is -3.15. The van der Waals surface area contributed by atoms with Crippen molar-refractivity contribution in [3.05, 3.63) is 36.5 Å². The van der Waals surface area contributed by atoms with E-state index in [4.69, 9.17) is 9.72 Å². The van der Waals surface area contributed by atoms with Crippen LogP contribution in [0.1, 0.15) is 19.3 Å². The summed E-state index contributed by atoms with van der Waals surface area (Å²) >= 11 is 0. The Morgan fingerprint density at radius 2 is 1.79 bits per heavy atom. The van der Waals surface area contributed by atoms with Gasteiger partial charge in [0.15, 0.2) is 0 Å². The summed E-state index contributed by atoms with van der Waals surface area (Å²) in [5, 5.41) is 7.49. The quantitative estimate of drug-likeness (QED) is 0.470. The summed E-state index contributed by atoms with van der Waals surface area (Å²) in [4.78, 5) is 14.8. The SMILES string of the molecule is O=S(=O)(C1CC1)N1CC[C@H](Nc2nc(Nc3ccc(N4CCOCC4)cc3)nc3[nH]ccc23)C1. The van der Waals surface area contributed by atoms with E-state index < -0.39 is 10.0 Å². The van der Waals surface area contributed by atoms with Crippen LogP contribution in [0.5, 0.6) is 0 Å². The average molecular weight is 484 g/mol. The molecule has 0 spiro atoms. The summed E-state index contributed by atoms with van der Waals surface area (Å²) in [5.41, 5.74) is 2.80. The molecule has 3 fully saturated rings. The van der Waals surface area contributed by atoms with Crippen LogP contribution in [0.4, 0.5) is 23.1 Å². The highest BCUT2D eigenvalue weighted by atomic mass is 32.2. The first-order chi connectivity index (χ1) is 16.6. The van der Waals surface area contributed by atoms with Crippen LogP contribution < -0.4 is 15.5 Å². The molecule has 0 amide bonds. The van der Waals surface area contributed by atoms with Crippen molar-refractivity contribution in [3.8, 4) is 0 Å². The highest BCUT2D eigenvalue weighted by Crippen LogP contribution is 2.33. The summed E-state index contributed by atoms with van der Waals surface area (Å²) in [6.07, 6.45) is 4.17. The van der Waals surface area contributed by atoms with E-state index in [1.54, 1.807) is 4.31 Å². The van der Waals surface area contributed by atoms with E-state index in [2.05, 4.69) is 37.6 Å². The summed E-state index contributed by atoms with van der Waals surface area (Å²) < 4.78 is 32.3. The Morgan fingerprint density at radius 3 is 2.56 bits per heavy atom. The molecule has 11 heteroatoms. The van der Waals surface area contributed by atoms with Crippen LogP contribution in [0, 0.1) is 0 Å². The first kappa shape index (κ1) is 21.6. The molecule has 6 rings (SSSR count). The third kappa shape index (κ3) is 4.30. The number of aromatic amines is 1. The fraction of sp³-hybridized carbons (Fsp3) is 0.478. The summed E-state index contributed by atoms with van der Waals surface area (Å²) in [5.74, 6) is 1.19. The molecule has 0 bridgehead atoms. The number of nitrogens with one attached hydrogen (secondary N) is 3. The van der Waals surface area contributed by atoms with Gasteiger partial charge < -0.3 is 25.3 Å². The van der Waals surface area contributed by atoms with Crippen LogP contribution in [-0.2, 0) is 14.8 Å². The first-order valence-corrected chi connectivity index (χ1v) is 13.4. The van der Waals surface area contributed by atoms with Crippen LogP contribution in [0.25, 0.3) is 11.0 Å². The van der Waals surface area contributed by atoms with Gasteiger partial charge in [0, 0.05) is 49.8 Å². The molecule has 180 valence electrons. The topological polar surface area (TPSA) is 115 Å². The van der Waals surface area contributed by atoms with Gasteiger partial charge in [0.2, 0.25) is 16.0 Å². The van der Waals surface area contributed by atoms with Crippen molar-refractivity contribution in [1.29, 1.82) is 0 Å². The Hall–Kier alpha value is -2.89. The van der Waals surface area contributed by atoms with Gasteiger partial charge in [-0.05, 0) is 49.6 Å². The highest BCUT2D eigenvalue weighted by Gasteiger charge is 2.42. The van der Waals surface area contributed by atoms with Gasteiger partial charge in [0.1, 0.15) is 11.5 Å². The second-order valence-electron chi connectivity index (χ2n) is 9.14. The van der Waals surface area contributed by atoms with Crippen molar-refractivity contribution in [3.63, 3.8) is 0 Å². The summed E-state index contributed by atoms with van der Waals surface area (Å²) in [6.45, 7) is 4.33. The smallest absolute Gasteiger partial charge is 0.231 e. The Bertz CT molecular complexity index is 1270. The predicted octanol–water partition coefficient (Wildman–Crippen LogP) is 2.52. The molecule has 3 aromatic rings. The number of fused-ring (bicyclic) bond motifs is 1. The molecule has 1 aromatic carbocycles. The molecule has 2 aromatic heterocycles. The number of morpholine rings is 1. The lowest BCUT2D eigenvalue weighted by molar-refractivity contribution is 0.122. The standard InChI is InChI=1S/C23H29N7O3S/c31-34(32,19-5-6-19)30-10-8-17(15-30)25-22-20-7-9-24-21(20)27-23(28-22)26-16-1-3-18(4-2-16)29-11-13-33-14-12-29/h1-4,7,9,17,19H,5-6,8,10-15H2,(H3,24,25,26,27,28)/t17-/m0/s1. The number of nitrogens with zero attached hydrogens (tertiary/aromatic N) is 4. The van der Waals surface area contributed by atoms with E-state index in [-0.39, 0.29) is 11.3 Å². The molecule has 2 aliphatic heterocycles. The zero-order chi connectivity index (χ0) is 23.1. The zero-order valence-corrected chi connectivity index (χ0v) is 19.7. The Morgan fingerprint density at radius 1 is 1.00 bits per heavy atom. The van der Waals surface area contributed by atoms with Gasteiger partial charge in [0.25, 0.3) is 0 Å². The van der Waals surface area contributed by atoms with E-state index in [1.165, 1.54) is 5.69 Å². The highest BCUT2D eigenvalue weighted by molar-refractivity contribution is 7.90. The number of benzene rings is 1. The van der Waals surface area contributed by atoms with Crippen LogP contribution >= 0.6 is 0 Å². The molecule has 34 heavy (non-hydrogen) atoms. The fourth-order valence-corrected chi connectivity index (χ4v) is 6.56. The van der Waals surface area contributed by atoms with Gasteiger partial charge in [-0.2, -0.15) is 14.3 Å². The molecule has 2 saturated heterocycles.